The molecule has 6 nitrogen and oxygen atoms in total. The molecule has 140 valence electrons. The first-order valence-corrected chi connectivity index (χ1v) is 7.68. The molecule has 0 aliphatic carbocycles. The number of rotatable bonds is 6. The van der Waals surface area contributed by atoms with Crippen molar-refractivity contribution < 1.29 is 32.6 Å². The monoisotopic (exact) mass is 375 g/mol. The Morgan fingerprint density at radius 2 is 1.67 bits per heavy atom. The highest BCUT2D eigenvalue weighted by Gasteiger charge is 2.13. The maximum absolute atomic E-state index is 13.4. The van der Waals surface area contributed by atoms with E-state index in [4.69, 9.17) is 4.74 Å². The number of carbonyl (C=O) groups excluding carboxylic acids is 3. The molecule has 0 saturated heterocycles. The second kappa shape index (κ2) is 9.23. The van der Waals surface area contributed by atoms with Gasteiger partial charge in [-0.2, -0.15) is 0 Å². The lowest BCUT2D eigenvalue weighted by molar-refractivity contribution is -0.142. The minimum atomic E-state index is -0.940. The number of halogens is 2. The van der Waals surface area contributed by atoms with Gasteiger partial charge in [-0.25, -0.2) is 18.4 Å². The van der Waals surface area contributed by atoms with E-state index in [-0.39, 0.29) is 0 Å². The summed E-state index contributed by atoms with van der Waals surface area (Å²) in [7, 11) is 1.27. The van der Waals surface area contributed by atoms with E-state index in [9.17, 15) is 23.2 Å². The van der Waals surface area contributed by atoms with Crippen LogP contribution < -0.4 is 5.32 Å². The summed E-state index contributed by atoms with van der Waals surface area (Å²) < 4.78 is 36.1. The van der Waals surface area contributed by atoms with Crippen molar-refractivity contribution in [3.05, 3.63) is 71.3 Å². The first kappa shape index (κ1) is 19.8. The Hall–Kier alpha value is -3.55. The lowest BCUT2D eigenvalue weighted by atomic mass is 10.1. The predicted octanol–water partition coefficient (Wildman–Crippen LogP) is 2.95. The Balaban J connectivity index is 1.85. The van der Waals surface area contributed by atoms with Crippen LogP contribution in [-0.4, -0.2) is 31.6 Å². The fraction of sp³-hybridized carbons (Fsp3) is 0.105. The van der Waals surface area contributed by atoms with E-state index in [0.717, 1.165) is 24.3 Å². The summed E-state index contributed by atoms with van der Waals surface area (Å²) in [4.78, 5) is 34.6. The summed E-state index contributed by atoms with van der Waals surface area (Å²) in [5.41, 5.74) is 0.353. The molecule has 0 heterocycles. The number of benzene rings is 2. The lowest BCUT2D eigenvalue weighted by Gasteiger charge is -2.07. The molecule has 0 aliphatic heterocycles. The molecule has 8 heteroatoms. The van der Waals surface area contributed by atoms with Crippen LogP contribution in [-0.2, 0) is 19.1 Å². The van der Waals surface area contributed by atoms with Crippen LogP contribution in [0.3, 0.4) is 0 Å². The summed E-state index contributed by atoms with van der Waals surface area (Å²) in [6, 6.07) is 9.34. The molecule has 0 fully saturated rings. The number of amides is 1. The van der Waals surface area contributed by atoms with Crippen LogP contribution in [0.2, 0.25) is 0 Å². The van der Waals surface area contributed by atoms with Crippen molar-refractivity contribution in [2.45, 2.75) is 0 Å². The van der Waals surface area contributed by atoms with E-state index in [1.165, 1.54) is 25.3 Å². The molecule has 2 aromatic rings. The Morgan fingerprint density at radius 1 is 1.04 bits per heavy atom. The summed E-state index contributed by atoms with van der Waals surface area (Å²) in [6.07, 6.45) is 2.49. The Kier molecular flexibility index (Phi) is 6.76. The highest BCUT2D eigenvalue weighted by Crippen LogP contribution is 2.17. The van der Waals surface area contributed by atoms with Crippen LogP contribution in [0.15, 0.2) is 48.5 Å². The van der Waals surface area contributed by atoms with E-state index in [0.29, 0.717) is 11.1 Å². The number of methoxy groups -OCH3 is 1. The standard InChI is InChI=1S/C19H15F2NO5/c1-26-19(25)13-8-5-12(6-9-13)7-10-17(24)27-11-16(23)22-18-14(20)3-2-4-15(18)21/h2-10H,11H2,1H3,(H,22,23)/b10-7+. The van der Waals surface area contributed by atoms with Gasteiger partial charge in [0.25, 0.3) is 5.91 Å². The average molecular weight is 375 g/mol. The minimum absolute atomic E-state index is 0.356. The van der Waals surface area contributed by atoms with Crippen molar-refractivity contribution in [2.24, 2.45) is 0 Å². The van der Waals surface area contributed by atoms with Gasteiger partial charge in [0.15, 0.2) is 6.61 Å². The molecule has 0 aliphatic rings. The highest BCUT2D eigenvalue weighted by atomic mass is 19.1. The van der Waals surface area contributed by atoms with Crippen LogP contribution in [0.5, 0.6) is 0 Å². The predicted molar refractivity (Wildman–Crippen MR) is 92.8 cm³/mol. The Bertz CT molecular complexity index is 858. The Labute approximate surface area is 153 Å². The molecule has 0 aromatic heterocycles. The second-order valence-electron chi connectivity index (χ2n) is 5.20. The molecule has 0 bridgehead atoms. The van der Waals surface area contributed by atoms with Crippen molar-refractivity contribution in [1.82, 2.24) is 0 Å². The number of carbonyl (C=O) groups is 3. The third-order valence-electron chi connectivity index (χ3n) is 3.32. The summed E-state index contributed by atoms with van der Waals surface area (Å²) in [6.45, 7) is -0.710. The number of ether oxygens (including phenoxy) is 2. The molecule has 0 spiro atoms. The molecule has 0 radical (unpaired) electrons. The van der Waals surface area contributed by atoms with E-state index >= 15 is 0 Å². The van der Waals surface area contributed by atoms with Crippen LogP contribution >= 0.6 is 0 Å². The zero-order chi connectivity index (χ0) is 19.8. The SMILES string of the molecule is COC(=O)c1ccc(/C=C/C(=O)OCC(=O)Nc2c(F)cccc2F)cc1. The van der Waals surface area contributed by atoms with Crippen molar-refractivity contribution >= 4 is 29.6 Å². The molecular weight excluding hydrogens is 360 g/mol. The maximum atomic E-state index is 13.4. The summed E-state index contributed by atoms with van der Waals surface area (Å²) in [5.74, 6) is -4.07. The molecule has 0 atom stereocenters. The van der Waals surface area contributed by atoms with Crippen molar-refractivity contribution in [2.75, 3.05) is 19.0 Å². The minimum Gasteiger partial charge on any atom is -0.465 e. The quantitative estimate of drug-likeness (QED) is 0.620. The van der Waals surface area contributed by atoms with Crippen molar-refractivity contribution in [1.29, 1.82) is 0 Å². The fourth-order valence-corrected chi connectivity index (χ4v) is 1.99. The van der Waals surface area contributed by atoms with Gasteiger partial charge in [-0.1, -0.05) is 18.2 Å². The number of anilines is 1. The molecule has 27 heavy (non-hydrogen) atoms. The van der Waals surface area contributed by atoms with Gasteiger partial charge in [-0.3, -0.25) is 4.79 Å². The van der Waals surface area contributed by atoms with E-state index < -0.39 is 41.8 Å². The van der Waals surface area contributed by atoms with Gasteiger partial charge >= 0.3 is 11.9 Å². The molecular formula is C19H15F2NO5. The maximum Gasteiger partial charge on any atom is 0.337 e. The third-order valence-corrected chi connectivity index (χ3v) is 3.32. The van der Waals surface area contributed by atoms with Crippen LogP contribution in [0.25, 0.3) is 6.08 Å². The zero-order valence-corrected chi connectivity index (χ0v) is 14.2. The largest absolute Gasteiger partial charge is 0.465 e. The van der Waals surface area contributed by atoms with Crippen molar-refractivity contribution in [3.63, 3.8) is 0 Å². The molecule has 1 N–H and O–H groups in total. The number of hydrogen-bond acceptors (Lipinski definition) is 5. The van der Waals surface area contributed by atoms with E-state index in [1.807, 2.05) is 5.32 Å². The van der Waals surface area contributed by atoms with Crippen LogP contribution in [0.1, 0.15) is 15.9 Å². The highest BCUT2D eigenvalue weighted by molar-refractivity contribution is 5.95. The third kappa shape index (κ3) is 5.74. The first-order valence-electron chi connectivity index (χ1n) is 7.68. The number of hydrogen-bond donors (Lipinski definition) is 1. The van der Waals surface area contributed by atoms with Gasteiger partial charge in [-0.05, 0) is 35.9 Å². The number of nitrogens with one attached hydrogen (secondary N) is 1. The van der Waals surface area contributed by atoms with Gasteiger partial charge in [0, 0.05) is 6.08 Å². The summed E-state index contributed by atoms with van der Waals surface area (Å²) >= 11 is 0. The average Bonchev–Trinajstić information content (AvgIpc) is 2.67. The van der Waals surface area contributed by atoms with Crippen LogP contribution in [0, 0.1) is 11.6 Å². The molecule has 2 rings (SSSR count). The van der Waals surface area contributed by atoms with E-state index in [2.05, 4.69) is 4.74 Å². The second-order valence-corrected chi connectivity index (χ2v) is 5.20. The molecule has 0 saturated carbocycles. The van der Waals surface area contributed by atoms with Gasteiger partial charge in [-0.15, -0.1) is 0 Å². The summed E-state index contributed by atoms with van der Waals surface area (Å²) in [5, 5.41) is 2.00. The van der Waals surface area contributed by atoms with Gasteiger partial charge in [0.1, 0.15) is 17.3 Å². The van der Waals surface area contributed by atoms with Crippen molar-refractivity contribution in [3.8, 4) is 0 Å². The number of para-hydroxylation sites is 1. The van der Waals surface area contributed by atoms with Crippen LogP contribution in [0.4, 0.5) is 14.5 Å². The first-order chi connectivity index (χ1) is 12.9. The molecule has 1 amide bonds. The smallest absolute Gasteiger partial charge is 0.337 e. The number of esters is 2. The zero-order valence-electron chi connectivity index (χ0n) is 14.2. The van der Waals surface area contributed by atoms with Gasteiger partial charge in [0.05, 0.1) is 12.7 Å². The van der Waals surface area contributed by atoms with Gasteiger partial charge in [0.2, 0.25) is 0 Å². The van der Waals surface area contributed by atoms with E-state index in [1.54, 1.807) is 12.1 Å². The molecule has 2 aromatic carbocycles. The fourth-order valence-electron chi connectivity index (χ4n) is 1.99. The lowest BCUT2D eigenvalue weighted by Crippen LogP contribution is -2.21. The topological polar surface area (TPSA) is 81.7 Å². The Morgan fingerprint density at radius 3 is 2.26 bits per heavy atom. The normalized spacial score (nSPS) is 10.5. The van der Waals surface area contributed by atoms with Gasteiger partial charge < -0.3 is 14.8 Å². The molecule has 0 unspecified atom stereocenters.